The van der Waals surface area contributed by atoms with E-state index < -0.39 is 21.8 Å². The van der Waals surface area contributed by atoms with Gasteiger partial charge in [0.05, 0.1) is 18.1 Å². The Balaban J connectivity index is 1.48. The van der Waals surface area contributed by atoms with Crippen molar-refractivity contribution < 1.29 is 22.7 Å². The molecule has 1 aliphatic rings. The van der Waals surface area contributed by atoms with Crippen molar-refractivity contribution in [2.45, 2.75) is 18.2 Å². The number of sulfonamides is 1. The third-order valence-electron chi connectivity index (χ3n) is 4.75. The molecule has 2 aromatic rings. The number of hydrogen-bond donors (Lipinski definition) is 2. The minimum atomic E-state index is -3.53. The predicted octanol–water partition coefficient (Wildman–Crippen LogP) is 1.31. The Kier molecular flexibility index (Phi) is 7.20. The zero-order valence-electron chi connectivity index (χ0n) is 16.8. The fraction of sp³-hybridized carbons (Fsp3) is 0.333. The molecule has 1 aliphatic heterocycles. The Labute approximate surface area is 176 Å². The van der Waals surface area contributed by atoms with Crippen LogP contribution in [0.3, 0.4) is 0 Å². The van der Waals surface area contributed by atoms with Gasteiger partial charge in [0.25, 0.3) is 0 Å². The van der Waals surface area contributed by atoms with Gasteiger partial charge in [-0.05, 0) is 43.2 Å². The van der Waals surface area contributed by atoms with E-state index in [0.29, 0.717) is 38.4 Å². The number of amides is 2. The minimum absolute atomic E-state index is 0.231. The van der Waals surface area contributed by atoms with Crippen LogP contribution in [0.5, 0.6) is 0 Å². The van der Waals surface area contributed by atoms with Crippen LogP contribution in [0.1, 0.15) is 11.1 Å². The topological polar surface area (TPSA) is 105 Å². The Morgan fingerprint density at radius 3 is 2.23 bits per heavy atom. The third-order valence-corrected chi connectivity index (χ3v) is 6.66. The summed E-state index contributed by atoms with van der Waals surface area (Å²) in [5, 5.41) is 5.11. The SMILES string of the molecule is Cc1ccc(NC(=O)C(=O)NCCc2ccc(S(=O)(=O)N3CCOCC3)cc2)cc1. The fourth-order valence-corrected chi connectivity index (χ4v) is 4.40. The van der Waals surface area contributed by atoms with Gasteiger partial charge in [-0.15, -0.1) is 0 Å². The van der Waals surface area contributed by atoms with Gasteiger partial charge in [0.1, 0.15) is 0 Å². The molecule has 2 aromatic carbocycles. The summed E-state index contributed by atoms with van der Waals surface area (Å²) >= 11 is 0. The first kappa shape index (κ1) is 21.9. The van der Waals surface area contributed by atoms with Crippen LogP contribution in [0.4, 0.5) is 5.69 Å². The molecule has 0 unspecified atom stereocenters. The maximum Gasteiger partial charge on any atom is 0.313 e. The summed E-state index contributed by atoms with van der Waals surface area (Å²) in [5.74, 6) is -1.45. The third kappa shape index (κ3) is 5.65. The van der Waals surface area contributed by atoms with Crippen LogP contribution < -0.4 is 10.6 Å². The average molecular weight is 432 g/mol. The molecule has 2 N–H and O–H groups in total. The number of nitrogens with zero attached hydrogens (tertiary/aromatic N) is 1. The van der Waals surface area contributed by atoms with Crippen molar-refractivity contribution in [3.63, 3.8) is 0 Å². The molecule has 1 heterocycles. The number of aryl methyl sites for hydroxylation is 1. The van der Waals surface area contributed by atoms with E-state index in [1.165, 1.54) is 4.31 Å². The molecular formula is C21H25N3O5S. The summed E-state index contributed by atoms with van der Waals surface area (Å²) in [6.07, 6.45) is 0.474. The van der Waals surface area contributed by atoms with Crippen LogP contribution in [0, 0.1) is 6.92 Å². The molecule has 0 saturated carbocycles. The van der Waals surface area contributed by atoms with Crippen LogP contribution in [0.15, 0.2) is 53.4 Å². The van der Waals surface area contributed by atoms with Gasteiger partial charge in [0.2, 0.25) is 10.0 Å². The second-order valence-electron chi connectivity index (χ2n) is 6.99. The van der Waals surface area contributed by atoms with Crippen LogP contribution in [-0.4, -0.2) is 57.4 Å². The monoisotopic (exact) mass is 431 g/mol. The maximum atomic E-state index is 12.6. The van der Waals surface area contributed by atoms with Crippen molar-refractivity contribution in [3.05, 3.63) is 59.7 Å². The quantitative estimate of drug-likeness (QED) is 0.671. The molecule has 3 rings (SSSR count). The second-order valence-corrected chi connectivity index (χ2v) is 8.92. The summed E-state index contributed by atoms with van der Waals surface area (Å²) in [7, 11) is -3.53. The smallest absolute Gasteiger partial charge is 0.313 e. The molecule has 0 atom stereocenters. The number of benzene rings is 2. The number of rotatable bonds is 6. The summed E-state index contributed by atoms with van der Waals surface area (Å²) in [6.45, 7) is 3.68. The van der Waals surface area contributed by atoms with Gasteiger partial charge in [0.15, 0.2) is 0 Å². The highest BCUT2D eigenvalue weighted by atomic mass is 32.2. The Hall–Kier alpha value is -2.75. The first-order valence-corrected chi connectivity index (χ1v) is 11.1. The lowest BCUT2D eigenvalue weighted by Crippen LogP contribution is -2.40. The molecule has 0 aliphatic carbocycles. The van der Waals surface area contributed by atoms with E-state index in [-0.39, 0.29) is 11.4 Å². The Morgan fingerprint density at radius 2 is 1.60 bits per heavy atom. The lowest BCUT2D eigenvalue weighted by molar-refractivity contribution is -0.136. The van der Waals surface area contributed by atoms with E-state index in [4.69, 9.17) is 4.74 Å². The van der Waals surface area contributed by atoms with Crippen LogP contribution in [-0.2, 0) is 30.8 Å². The first-order chi connectivity index (χ1) is 14.4. The van der Waals surface area contributed by atoms with Gasteiger partial charge < -0.3 is 15.4 Å². The van der Waals surface area contributed by atoms with Crippen molar-refractivity contribution in [2.24, 2.45) is 0 Å². The zero-order valence-corrected chi connectivity index (χ0v) is 17.6. The highest BCUT2D eigenvalue weighted by Crippen LogP contribution is 2.17. The number of anilines is 1. The standard InChI is InChI=1S/C21H25N3O5S/c1-16-2-6-18(7-3-16)23-21(26)20(25)22-11-10-17-4-8-19(9-5-17)30(27,28)24-12-14-29-15-13-24/h2-9H,10-15H2,1H3,(H,22,25)(H,23,26). The van der Waals surface area contributed by atoms with Gasteiger partial charge in [0, 0.05) is 25.3 Å². The molecule has 1 fully saturated rings. The van der Waals surface area contributed by atoms with Gasteiger partial charge in [-0.3, -0.25) is 9.59 Å². The molecule has 9 heteroatoms. The molecule has 0 bridgehead atoms. The van der Waals surface area contributed by atoms with Gasteiger partial charge in [-0.1, -0.05) is 29.8 Å². The van der Waals surface area contributed by atoms with Crippen LogP contribution in [0.2, 0.25) is 0 Å². The highest BCUT2D eigenvalue weighted by molar-refractivity contribution is 7.89. The summed E-state index contributed by atoms with van der Waals surface area (Å²) in [5.41, 5.74) is 2.47. The first-order valence-electron chi connectivity index (χ1n) is 9.69. The summed E-state index contributed by atoms with van der Waals surface area (Å²) in [6, 6.07) is 13.7. The van der Waals surface area contributed by atoms with E-state index >= 15 is 0 Å². The van der Waals surface area contributed by atoms with Crippen LogP contribution >= 0.6 is 0 Å². The normalized spacial score (nSPS) is 14.8. The Morgan fingerprint density at radius 1 is 0.967 bits per heavy atom. The number of nitrogens with one attached hydrogen (secondary N) is 2. The number of carbonyl (C=O) groups excluding carboxylic acids is 2. The minimum Gasteiger partial charge on any atom is -0.379 e. The lowest BCUT2D eigenvalue weighted by Gasteiger charge is -2.26. The van der Waals surface area contributed by atoms with Gasteiger partial charge in [-0.2, -0.15) is 4.31 Å². The molecule has 2 amide bonds. The zero-order chi connectivity index (χ0) is 21.6. The largest absolute Gasteiger partial charge is 0.379 e. The highest BCUT2D eigenvalue weighted by Gasteiger charge is 2.26. The van der Waals surface area contributed by atoms with E-state index in [2.05, 4.69) is 10.6 Å². The lowest BCUT2D eigenvalue weighted by atomic mass is 10.1. The molecule has 0 aromatic heterocycles. The number of morpholine rings is 1. The van der Waals surface area contributed by atoms with Crippen molar-refractivity contribution in [1.29, 1.82) is 0 Å². The van der Waals surface area contributed by atoms with Crippen LogP contribution in [0.25, 0.3) is 0 Å². The molecular weight excluding hydrogens is 406 g/mol. The number of carbonyl (C=O) groups is 2. The molecule has 1 saturated heterocycles. The molecule has 0 spiro atoms. The van der Waals surface area contributed by atoms with Gasteiger partial charge in [-0.25, -0.2) is 8.42 Å². The Bertz CT molecular complexity index is 982. The molecule has 8 nitrogen and oxygen atoms in total. The second kappa shape index (κ2) is 9.84. The molecule has 0 radical (unpaired) electrons. The van der Waals surface area contributed by atoms with E-state index in [0.717, 1.165) is 11.1 Å². The predicted molar refractivity (Wildman–Crippen MR) is 113 cm³/mol. The molecule has 30 heavy (non-hydrogen) atoms. The van der Waals surface area contributed by atoms with E-state index in [1.54, 1.807) is 36.4 Å². The van der Waals surface area contributed by atoms with Crippen molar-refractivity contribution in [3.8, 4) is 0 Å². The maximum absolute atomic E-state index is 12.6. The van der Waals surface area contributed by atoms with E-state index in [9.17, 15) is 18.0 Å². The van der Waals surface area contributed by atoms with Crippen molar-refractivity contribution >= 4 is 27.5 Å². The summed E-state index contributed by atoms with van der Waals surface area (Å²) < 4.78 is 31.8. The molecule has 160 valence electrons. The number of hydrogen-bond acceptors (Lipinski definition) is 5. The van der Waals surface area contributed by atoms with Crippen molar-refractivity contribution in [1.82, 2.24) is 9.62 Å². The van der Waals surface area contributed by atoms with Gasteiger partial charge >= 0.3 is 11.8 Å². The van der Waals surface area contributed by atoms with Crippen molar-refractivity contribution in [2.75, 3.05) is 38.2 Å². The fourth-order valence-electron chi connectivity index (χ4n) is 2.99. The number of ether oxygens (including phenoxy) is 1. The average Bonchev–Trinajstić information content (AvgIpc) is 2.76. The summed E-state index contributed by atoms with van der Waals surface area (Å²) in [4.78, 5) is 24.1. The van der Waals surface area contributed by atoms with E-state index in [1.807, 2.05) is 19.1 Å².